The standard InChI is InChI=1S/C11H13F3N4O4.C2H4/c1-3-16(4-2)9-7(17(19)20)5-6(11(12,13)14)8(15)10(9)18(21)22;1-2/h5H,3-4,15H2,1-2H3;1-2H2. The SMILES string of the molecule is C=C.CCN(CC)c1c([N+](=O)[O-])cc(C(F)(F)F)c(N)c1[N+](=O)[O-]. The summed E-state index contributed by atoms with van der Waals surface area (Å²) in [5, 5.41) is 22.2. The second kappa shape index (κ2) is 8.13. The van der Waals surface area contributed by atoms with E-state index in [1.54, 1.807) is 13.8 Å². The lowest BCUT2D eigenvalue weighted by atomic mass is 10.1. The van der Waals surface area contributed by atoms with Gasteiger partial charge in [0.1, 0.15) is 5.69 Å². The van der Waals surface area contributed by atoms with Crippen LogP contribution in [0.5, 0.6) is 0 Å². The number of nitrogens with zero attached hydrogens (tertiary/aromatic N) is 3. The van der Waals surface area contributed by atoms with Crippen LogP contribution in [-0.4, -0.2) is 22.9 Å². The van der Waals surface area contributed by atoms with Crippen molar-refractivity contribution in [2.24, 2.45) is 0 Å². The maximum absolute atomic E-state index is 12.9. The molecule has 0 bridgehead atoms. The number of alkyl halides is 3. The van der Waals surface area contributed by atoms with E-state index in [2.05, 4.69) is 13.2 Å². The Morgan fingerprint density at radius 3 is 1.92 bits per heavy atom. The van der Waals surface area contributed by atoms with Crippen LogP contribution in [-0.2, 0) is 6.18 Å². The predicted octanol–water partition coefficient (Wildman–Crippen LogP) is 3.75. The van der Waals surface area contributed by atoms with Crippen molar-refractivity contribution in [3.8, 4) is 0 Å². The van der Waals surface area contributed by atoms with E-state index in [-0.39, 0.29) is 19.2 Å². The van der Waals surface area contributed by atoms with Crippen LogP contribution in [0, 0.1) is 20.2 Å². The van der Waals surface area contributed by atoms with Gasteiger partial charge in [0, 0.05) is 19.2 Å². The number of hydrogen-bond acceptors (Lipinski definition) is 6. The molecule has 1 aromatic rings. The highest BCUT2D eigenvalue weighted by atomic mass is 19.4. The molecule has 0 unspecified atom stereocenters. The molecule has 0 saturated heterocycles. The van der Waals surface area contributed by atoms with Crippen molar-refractivity contribution < 1.29 is 23.0 Å². The Bertz CT molecular complexity index is 631. The minimum atomic E-state index is -5.04. The molecule has 0 spiro atoms. The molecule has 1 rings (SSSR count). The van der Waals surface area contributed by atoms with E-state index < -0.39 is 44.3 Å². The lowest BCUT2D eigenvalue weighted by Crippen LogP contribution is -2.25. The lowest BCUT2D eigenvalue weighted by Gasteiger charge is -2.22. The molecule has 0 atom stereocenters. The van der Waals surface area contributed by atoms with Gasteiger partial charge < -0.3 is 10.6 Å². The van der Waals surface area contributed by atoms with Crippen LogP contribution in [0.2, 0.25) is 0 Å². The average Bonchev–Trinajstić information content (AvgIpc) is 2.48. The second-order valence-corrected chi connectivity index (χ2v) is 4.24. The number of rotatable bonds is 5. The second-order valence-electron chi connectivity index (χ2n) is 4.24. The fraction of sp³-hybridized carbons (Fsp3) is 0.385. The molecule has 24 heavy (non-hydrogen) atoms. The summed E-state index contributed by atoms with van der Waals surface area (Å²) in [6.45, 7) is 9.38. The van der Waals surface area contributed by atoms with Gasteiger partial charge in [0.25, 0.3) is 5.69 Å². The molecule has 2 N–H and O–H groups in total. The van der Waals surface area contributed by atoms with Crippen molar-refractivity contribution in [3.05, 3.63) is 45.0 Å². The third-order valence-corrected chi connectivity index (χ3v) is 3.06. The Hall–Kier alpha value is -2.85. The zero-order valence-electron chi connectivity index (χ0n) is 13.1. The molecule has 0 radical (unpaired) electrons. The van der Waals surface area contributed by atoms with Crippen molar-refractivity contribution >= 4 is 22.7 Å². The molecule has 0 amide bonds. The number of benzene rings is 1. The quantitative estimate of drug-likeness (QED) is 0.374. The molecule has 134 valence electrons. The van der Waals surface area contributed by atoms with Gasteiger partial charge in [-0.05, 0) is 13.8 Å². The van der Waals surface area contributed by atoms with E-state index in [1.165, 1.54) is 4.90 Å². The summed E-state index contributed by atoms with van der Waals surface area (Å²) in [6.07, 6.45) is -5.04. The zero-order valence-corrected chi connectivity index (χ0v) is 13.1. The van der Waals surface area contributed by atoms with Gasteiger partial charge >= 0.3 is 11.9 Å². The molecule has 1 aromatic carbocycles. The fourth-order valence-corrected chi connectivity index (χ4v) is 2.07. The van der Waals surface area contributed by atoms with Crippen LogP contribution in [0.25, 0.3) is 0 Å². The molecule has 0 aromatic heterocycles. The molecule has 0 aliphatic rings. The first-order valence-electron chi connectivity index (χ1n) is 6.63. The smallest absolute Gasteiger partial charge is 0.393 e. The van der Waals surface area contributed by atoms with Gasteiger partial charge in [0.05, 0.1) is 15.4 Å². The number of nitro groups is 2. The molecule has 8 nitrogen and oxygen atoms in total. The van der Waals surface area contributed by atoms with Crippen molar-refractivity contribution in [3.63, 3.8) is 0 Å². The van der Waals surface area contributed by atoms with Gasteiger partial charge in [-0.25, -0.2) is 0 Å². The monoisotopic (exact) mass is 350 g/mol. The highest BCUT2D eigenvalue weighted by Gasteiger charge is 2.42. The average molecular weight is 350 g/mol. The van der Waals surface area contributed by atoms with Gasteiger partial charge in [0.2, 0.25) is 0 Å². The Kier molecular flexibility index (Phi) is 7.16. The van der Waals surface area contributed by atoms with E-state index in [9.17, 15) is 33.4 Å². The van der Waals surface area contributed by atoms with Crippen LogP contribution >= 0.6 is 0 Å². The summed E-state index contributed by atoms with van der Waals surface area (Å²) in [4.78, 5) is 21.2. The molecule has 0 fully saturated rings. The summed E-state index contributed by atoms with van der Waals surface area (Å²) < 4.78 is 38.7. The third kappa shape index (κ3) is 4.12. The third-order valence-electron chi connectivity index (χ3n) is 3.06. The normalized spacial score (nSPS) is 10.5. The van der Waals surface area contributed by atoms with Crippen LogP contribution in [0.3, 0.4) is 0 Å². The number of hydrogen-bond donors (Lipinski definition) is 1. The zero-order chi connectivity index (χ0) is 19.2. The maximum Gasteiger partial charge on any atom is 0.418 e. The maximum atomic E-state index is 12.9. The molecule has 0 aliphatic heterocycles. The van der Waals surface area contributed by atoms with Gasteiger partial charge in [-0.15, -0.1) is 13.2 Å². The molecule has 0 aliphatic carbocycles. The molecular weight excluding hydrogens is 333 g/mol. The van der Waals surface area contributed by atoms with Crippen LogP contribution in [0.15, 0.2) is 19.2 Å². The number of nitrogens with two attached hydrogens (primary N) is 1. The molecule has 0 saturated carbocycles. The summed E-state index contributed by atoms with van der Waals surface area (Å²) in [6, 6.07) is 0.232. The van der Waals surface area contributed by atoms with E-state index in [4.69, 9.17) is 5.73 Å². The summed E-state index contributed by atoms with van der Waals surface area (Å²) in [5.74, 6) is 0. The Morgan fingerprint density at radius 1 is 1.17 bits per heavy atom. The number of anilines is 2. The first kappa shape index (κ1) is 21.1. The van der Waals surface area contributed by atoms with E-state index >= 15 is 0 Å². The minimum Gasteiger partial charge on any atom is -0.393 e. The van der Waals surface area contributed by atoms with Crippen molar-refractivity contribution in [2.75, 3.05) is 23.7 Å². The Labute approximate surface area is 135 Å². The minimum absolute atomic E-state index is 0.128. The predicted molar refractivity (Wildman–Crippen MR) is 84.0 cm³/mol. The van der Waals surface area contributed by atoms with Gasteiger partial charge in [-0.2, -0.15) is 13.2 Å². The van der Waals surface area contributed by atoms with Gasteiger partial charge in [0.15, 0.2) is 5.69 Å². The topological polar surface area (TPSA) is 116 Å². The molecule has 0 heterocycles. The largest absolute Gasteiger partial charge is 0.418 e. The van der Waals surface area contributed by atoms with Crippen LogP contribution < -0.4 is 10.6 Å². The van der Waals surface area contributed by atoms with Crippen molar-refractivity contribution in [2.45, 2.75) is 20.0 Å². The van der Waals surface area contributed by atoms with E-state index in [1.807, 2.05) is 0 Å². The van der Waals surface area contributed by atoms with E-state index in [0.29, 0.717) is 0 Å². The molecule has 11 heteroatoms. The summed E-state index contributed by atoms with van der Waals surface area (Å²) in [7, 11) is 0. The highest BCUT2D eigenvalue weighted by molar-refractivity contribution is 5.86. The van der Waals surface area contributed by atoms with Crippen molar-refractivity contribution in [1.82, 2.24) is 0 Å². The Morgan fingerprint density at radius 2 is 1.62 bits per heavy atom. The fourth-order valence-electron chi connectivity index (χ4n) is 2.07. The van der Waals surface area contributed by atoms with Gasteiger partial charge in [-0.3, -0.25) is 20.2 Å². The summed E-state index contributed by atoms with van der Waals surface area (Å²) in [5.41, 5.74) is -0.0851. The Balaban J connectivity index is 0.00000254. The van der Waals surface area contributed by atoms with Gasteiger partial charge in [-0.1, -0.05) is 0 Å². The number of nitro benzene ring substituents is 2. The lowest BCUT2D eigenvalue weighted by molar-refractivity contribution is -0.392. The van der Waals surface area contributed by atoms with E-state index in [0.717, 1.165) is 0 Å². The number of halogens is 3. The van der Waals surface area contributed by atoms with Crippen LogP contribution in [0.4, 0.5) is 35.9 Å². The molecular formula is C13H17F3N4O4. The summed E-state index contributed by atoms with van der Waals surface area (Å²) >= 11 is 0. The number of nitrogen functional groups attached to an aromatic ring is 1. The van der Waals surface area contributed by atoms with Crippen molar-refractivity contribution in [1.29, 1.82) is 0 Å². The van der Waals surface area contributed by atoms with Crippen LogP contribution in [0.1, 0.15) is 19.4 Å². The first-order chi connectivity index (χ1) is 11.1. The first-order valence-corrected chi connectivity index (χ1v) is 6.63. The highest BCUT2D eigenvalue weighted by Crippen LogP contribution is 2.48.